The summed E-state index contributed by atoms with van der Waals surface area (Å²) in [5.41, 5.74) is 0. The van der Waals surface area contributed by atoms with E-state index in [9.17, 15) is 14.4 Å². The summed E-state index contributed by atoms with van der Waals surface area (Å²) in [5.74, 6) is -0.742. The summed E-state index contributed by atoms with van der Waals surface area (Å²) in [6.45, 7) is 8.92. The maximum atomic E-state index is 13.6. The Labute approximate surface area is 431 Å². The molecular weight excluding hydrogens is 847 g/mol. The summed E-state index contributed by atoms with van der Waals surface area (Å²) in [7, 11) is 0. The zero-order valence-electron chi connectivity index (χ0n) is 46.9. The molecule has 1 fully saturated rings. The zero-order chi connectivity index (χ0) is 49.8. The lowest BCUT2D eigenvalue weighted by atomic mass is 9.74. The van der Waals surface area contributed by atoms with Crippen molar-refractivity contribution < 1.29 is 14.4 Å². The van der Waals surface area contributed by atoms with E-state index in [1.807, 2.05) is 0 Å². The summed E-state index contributed by atoms with van der Waals surface area (Å²) in [6, 6.07) is 0. The average Bonchev–Trinajstić information content (AvgIpc) is 3.36. The molecule has 0 aliphatic heterocycles. The molecule has 0 radical (unpaired) electrons. The molecule has 1 aliphatic carbocycles. The van der Waals surface area contributed by atoms with Crippen LogP contribution in [-0.2, 0) is 14.4 Å². The minimum atomic E-state index is -0.287. The molecule has 3 atom stereocenters. The molecule has 0 saturated heterocycles. The van der Waals surface area contributed by atoms with Crippen LogP contribution in [0.2, 0.25) is 0 Å². The zero-order valence-corrected chi connectivity index (χ0v) is 46.9. The standard InChI is InChI=1S/C63H121N3O3/c1-4-7-10-13-16-19-22-25-28-31-34-37-40-43-46-49-52-64-61(67)58-55-59(62(68)65-53-50-47-44-41-38-35-32-29-26-23-20-17-14-11-8-5-2)57-60(56-58)63(69)66-54-51-48-45-42-39-36-33-30-27-24-21-18-15-12-9-6-3/h25,28,58-60H,4-24,26-27,29-57H2,1-3H3,(H,64,67)(H,65,68)(H,66,69)/b28-25-/t58-,59+,60-. The van der Waals surface area contributed by atoms with Gasteiger partial charge in [-0.3, -0.25) is 14.4 Å². The van der Waals surface area contributed by atoms with Gasteiger partial charge in [0, 0.05) is 37.4 Å². The molecule has 0 unspecified atom stereocenters. The SMILES string of the molecule is CCCCCCCC/C=C\CCCCCCCCNC(=O)[C@H]1C[C@@H](C(=O)NCCCCCCCCCCCCCCCCCC)C[C@@H](C(=O)NCCCCCCCCCCCCCCCCCC)C1. The minimum absolute atomic E-state index is 0.0358. The predicted octanol–water partition coefficient (Wildman–Crippen LogP) is 18.9. The molecule has 0 aromatic carbocycles. The summed E-state index contributed by atoms with van der Waals surface area (Å²) < 4.78 is 0. The highest BCUT2D eigenvalue weighted by molar-refractivity contribution is 5.86. The van der Waals surface area contributed by atoms with Crippen LogP contribution in [0, 0.1) is 17.8 Å². The highest BCUT2D eigenvalue weighted by Gasteiger charge is 2.38. The van der Waals surface area contributed by atoms with Crippen molar-refractivity contribution in [3.63, 3.8) is 0 Å². The van der Waals surface area contributed by atoms with E-state index < -0.39 is 0 Å². The molecule has 1 saturated carbocycles. The van der Waals surface area contributed by atoms with Gasteiger partial charge < -0.3 is 16.0 Å². The smallest absolute Gasteiger partial charge is 0.223 e. The first-order valence-corrected chi connectivity index (χ1v) is 31.5. The Hall–Kier alpha value is -1.85. The van der Waals surface area contributed by atoms with Crippen LogP contribution in [0.15, 0.2) is 12.2 Å². The van der Waals surface area contributed by atoms with Crippen molar-refractivity contribution >= 4 is 17.7 Å². The number of nitrogens with one attached hydrogen (secondary N) is 3. The lowest BCUT2D eigenvalue weighted by Gasteiger charge is -2.33. The van der Waals surface area contributed by atoms with Crippen molar-refractivity contribution in [2.45, 2.75) is 335 Å². The van der Waals surface area contributed by atoms with E-state index in [1.54, 1.807) is 0 Å². The van der Waals surface area contributed by atoms with Gasteiger partial charge in [-0.1, -0.05) is 283 Å². The largest absolute Gasteiger partial charge is 0.356 e. The van der Waals surface area contributed by atoms with Crippen LogP contribution in [0.25, 0.3) is 0 Å². The Kier molecular flexibility index (Phi) is 49.6. The van der Waals surface area contributed by atoms with Crippen molar-refractivity contribution in [3.05, 3.63) is 12.2 Å². The van der Waals surface area contributed by atoms with Gasteiger partial charge in [0.15, 0.2) is 0 Å². The molecule has 0 aromatic heterocycles. The van der Waals surface area contributed by atoms with Gasteiger partial charge in [-0.05, 0) is 64.2 Å². The fourth-order valence-electron chi connectivity index (χ4n) is 10.7. The molecule has 0 bridgehead atoms. The van der Waals surface area contributed by atoms with Gasteiger partial charge in [0.25, 0.3) is 0 Å². The van der Waals surface area contributed by atoms with Crippen molar-refractivity contribution in [1.82, 2.24) is 16.0 Å². The molecule has 69 heavy (non-hydrogen) atoms. The van der Waals surface area contributed by atoms with E-state index in [4.69, 9.17) is 0 Å². The van der Waals surface area contributed by atoms with Gasteiger partial charge in [-0.2, -0.15) is 0 Å². The maximum Gasteiger partial charge on any atom is 0.223 e. The van der Waals surface area contributed by atoms with Gasteiger partial charge in [0.1, 0.15) is 0 Å². The van der Waals surface area contributed by atoms with Crippen molar-refractivity contribution in [1.29, 1.82) is 0 Å². The third-order valence-electron chi connectivity index (χ3n) is 15.5. The molecule has 3 amide bonds. The normalized spacial score (nSPS) is 16.1. The van der Waals surface area contributed by atoms with Crippen LogP contribution < -0.4 is 16.0 Å². The van der Waals surface area contributed by atoms with Gasteiger partial charge in [0.05, 0.1) is 0 Å². The van der Waals surface area contributed by atoms with Crippen molar-refractivity contribution in [2.75, 3.05) is 19.6 Å². The molecule has 1 rings (SSSR count). The first-order chi connectivity index (χ1) is 34.0. The number of carbonyl (C=O) groups is 3. The molecule has 0 spiro atoms. The first-order valence-electron chi connectivity index (χ1n) is 31.5. The summed E-state index contributed by atoms with van der Waals surface area (Å²) >= 11 is 0. The summed E-state index contributed by atoms with van der Waals surface area (Å²) in [6.07, 6.45) is 67.0. The third kappa shape index (κ3) is 43.5. The fraction of sp³-hybridized carbons (Fsp3) is 0.921. The fourth-order valence-corrected chi connectivity index (χ4v) is 10.7. The van der Waals surface area contributed by atoms with Crippen molar-refractivity contribution in [2.24, 2.45) is 17.8 Å². The lowest BCUT2D eigenvalue weighted by Crippen LogP contribution is -2.45. The number of unbranched alkanes of at least 4 members (excludes halogenated alkanes) is 42. The highest BCUT2D eigenvalue weighted by atomic mass is 16.2. The van der Waals surface area contributed by atoms with Gasteiger partial charge in [-0.25, -0.2) is 0 Å². The van der Waals surface area contributed by atoms with Crippen LogP contribution in [-0.4, -0.2) is 37.4 Å². The third-order valence-corrected chi connectivity index (χ3v) is 15.5. The Bertz CT molecular complexity index is 1080. The molecular formula is C63H121N3O3. The molecule has 406 valence electrons. The second kappa shape index (κ2) is 52.5. The van der Waals surface area contributed by atoms with Gasteiger partial charge in [0.2, 0.25) is 17.7 Å². The van der Waals surface area contributed by atoms with Crippen LogP contribution in [0.3, 0.4) is 0 Å². The number of rotatable bonds is 53. The molecule has 0 heterocycles. The van der Waals surface area contributed by atoms with Gasteiger partial charge in [-0.15, -0.1) is 0 Å². The Morgan fingerprint density at radius 3 is 0.652 bits per heavy atom. The minimum Gasteiger partial charge on any atom is -0.356 e. The topological polar surface area (TPSA) is 87.3 Å². The lowest BCUT2D eigenvalue weighted by molar-refractivity contribution is -0.134. The van der Waals surface area contributed by atoms with Gasteiger partial charge >= 0.3 is 0 Å². The maximum absolute atomic E-state index is 13.6. The number of hydrogen-bond acceptors (Lipinski definition) is 3. The second-order valence-electron chi connectivity index (χ2n) is 22.2. The number of allylic oxidation sites excluding steroid dienone is 2. The monoisotopic (exact) mass is 968 g/mol. The molecule has 0 aromatic rings. The summed E-state index contributed by atoms with van der Waals surface area (Å²) in [5, 5.41) is 9.66. The van der Waals surface area contributed by atoms with Crippen LogP contribution in [0.1, 0.15) is 335 Å². The highest BCUT2D eigenvalue weighted by Crippen LogP contribution is 2.34. The Morgan fingerprint density at radius 2 is 0.449 bits per heavy atom. The van der Waals surface area contributed by atoms with E-state index in [1.165, 1.54) is 257 Å². The molecule has 3 N–H and O–H groups in total. The van der Waals surface area contributed by atoms with Crippen LogP contribution in [0.5, 0.6) is 0 Å². The molecule has 6 heteroatoms. The Morgan fingerprint density at radius 1 is 0.275 bits per heavy atom. The quantitative estimate of drug-likeness (QED) is 0.0419. The number of amides is 3. The Balaban J connectivity index is 2.36. The van der Waals surface area contributed by atoms with E-state index in [0.29, 0.717) is 38.9 Å². The van der Waals surface area contributed by atoms with Crippen LogP contribution in [0.4, 0.5) is 0 Å². The number of carbonyl (C=O) groups excluding carboxylic acids is 3. The second-order valence-corrected chi connectivity index (χ2v) is 22.2. The van der Waals surface area contributed by atoms with E-state index in [0.717, 1.165) is 38.5 Å². The van der Waals surface area contributed by atoms with E-state index in [-0.39, 0.29) is 35.5 Å². The molecule has 6 nitrogen and oxygen atoms in total. The van der Waals surface area contributed by atoms with E-state index in [2.05, 4.69) is 48.9 Å². The molecule has 1 aliphatic rings. The van der Waals surface area contributed by atoms with Crippen molar-refractivity contribution in [3.8, 4) is 0 Å². The number of hydrogen-bond donors (Lipinski definition) is 3. The first kappa shape index (κ1) is 65.2. The summed E-state index contributed by atoms with van der Waals surface area (Å²) in [4.78, 5) is 40.7. The van der Waals surface area contributed by atoms with E-state index >= 15 is 0 Å². The average molecular weight is 969 g/mol. The predicted molar refractivity (Wildman–Crippen MR) is 302 cm³/mol. The van der Waals surface area contributed by atoms with Crippen LogP contribution >= 0.6 is 0 Å².